The van der Waals surface area contributed by atoms with E-state index in [0.29, 0.717) is 16.9 Å². The summed E-state index contributed by atoms with van der Waals surface area (Å²) < 4.78 is 25.6. The molecule has 1 aromatic carbocycles. The van der Waals surface area contributed by atoms with Crippen molar-refractivity contribution in [1.82, 2.24) is 0 Å². The average Bonchev–Trinajstić information content (AvgIpc) is 2.83. The lowest BCUT2D eigenvalue weighted by Crippen LogP contribution is -2.60. The van der Waals surface area contributed by atoms with Crippen LogP contribution in [0.4, 0.5) is 0 Å². The van der Waals surface area contributed by atoms with E-state index in [9.17, 15) is 34.8 Å². The molecule has 12 nitrogen and oxygen atoms in total. The summed E-state index contributed by atoms with van der Waals surface area (Å²) in [7, 11) is 1.29. The summed E-state index contributed by atoms with van der Waals surface area (Å²) in [5, 5.41) is 41.3. The van der Waals surface area contributed by atoms with Gasteiger partial charge in [0.15, 0.2) is 11.5 Å². The summed E-state index contributed by atoms with van der Waals surface area (Å²) in [6, 6.07) is 5.11. The molecule has 5 atom stereocenters. The van der Waals surface area contributed by atoms with Gasteiger partial charge in [0.05, 0.1) is 20.0 Å². The third-order valence-electron chi connectivity index (χ3n) is 5.15. The van der Waals surface area contributed by atoms with E-state index < -0.39 is 54.7 Å². The number of aromatic hydroxyl groups is 1. The van der Waals surface area contributed by atoms with Crippen molar-refractivity contribution in [3.8, 4) is 11.5 Å². The van der Waals surface area contributed by atoms with Crippen LogP contribution in [0.15, 0.2) is 33.5 Å². The van der Waals surface area contributed by atoms with Crippen LogP contribution in [0.3, 0.4) is 0 Å². The molecular formula is C22H26O12S. The second kappa shape index (κ2) is 12.2. The Morgan fingerprint density at radius 1 is 1.03 bits per heavy atom. The Hall–Kier alpha value is -2.84. The number of phenolic OH excluding ortho intramolecular Hbond substituents is 1. The maximum atomic E-state index is 12.0. The SMILES string of the molecule is COC(=O)CCSCCC(=O)OCC1OC(Oc2cc3ccc(=O)oc3cc2O)C(O)C(O)C1O. The fraction of sp³-hybridized carbons (Fsp3) is 0.500. The van der Waals surface area contributed by atoms with Gasteiger partial charge < -0.3 is 43.8 Å². The number of carbonyl (C=O) groups is 2. The molecule has 1 aliphatic heterocycles. The number of fused-ring (bicyclic) bond motifs is 1. The molecule has 5 unspecified atom stereocenters. The van der Waals surface area contributed by atoms with Gasteiger partial charge in [-0.1, -0.05) is 0 Å². The third kappa shape index (κ3) is 7.08. The molecule has 1 saturated heterocycles. The van der Waals surface area contributed by atoms with Gasteiger partial charge in [-0.15, -0.1) is 0 Å². The van der Waals surface area contributed by atoms with Crippen LogP contribution >= 0.6 is 11.8 Å². The van der Waals surface area contributed by atoms with Gasteiger partial charge in [0.1, 0.15) is 36.6 Å². The minimum Gasteiger partial charge on any atom is -0.504 e. The number of methoxy groups -OCH3 is 1. The summed E-state index contributed by atoms with van der Waals surface area (Å²) in [6.07, 6.45) is -7.44. The van der Waals surface area contributed by atoms with Gasteiger partial charge in [-0.05, 0) is 12.1 Å². The average molecular weight is 515 g/mol. The molecule has 192 valence electrons. The minimum atomic E-state index is -1.69. The number of aliphatic hydroxyl groups excluding tert-OH is 3. The standard InChI is InChI=1S/C22H26O12S/c1-30-16(24)4-6-35-7-5-17(25)31-10-15-19(27)20(28)21(29)22(34-15)33-14-8-11-2-3-18(26)32-13(11)9-12(14)23/h2-3,8-9,15,19-23,27-29H,4-7,10H2,1H3. The number of benzene rings is 1. The summed E-state index contributed by atoms with van der Waals surface area (Å²) >= 11 is 1.37. The van der Waals surface area contributed by atoms with Gasteiger partial charge in [-0.25, -0.2) is 4.79 Å². The smallest absolute Gasteiger partial charge is 0.336 e. The van der Waals surface area contributed by atoms with Crippen LogP contribution in [0.1, 0.15) is 12.8 Å². The first-order valence-electron chi connectivity index (χ1n) is 10.6. The predicted molar refractivity (Wildman–Crippen MR) is 121 cm³/mol. The maximum absolute atomic E-state index is 12.0. The highest BCUT2D eigenvalue weighted by Crippen LogP contribution is 2.34. The quantitative estimate of drug-likeness (QED) is 0.188. The van der Waals surface area contributed by atoms with Crippen molar-refractivity contribution < 1.29 is 53.4 Å². The number of carbonyl (C=O) groups excluding carboxylic acids is 2. The zero-order chi connectivity index (χ0) is 25.5. The molecule has 2 aromatic rings. The zero-order valence-electron chi connectivity index (χ0n) is 18.7. The zero-order valence-corrected chi connectivity index (χ0v) is 19.5. The molecule has 2 heterocycles. The van der Waals surface area contributed by atoms with Crippen molar-refractivity contribution in [2.24, 2.45) is 0 Å². The molecule has 4 N–H and O–H groups in total. The minimum absolute atomic E-state index is 0.0425. The van der Waals surface area contributed by atoms with Gasteiger partial charge in [-0.2, -0.15) is 11.8 Å². The maximum Gasteiger partial charge on any atom is 0.336 e. The van der Waals surface area contributed by atoms with Gasteiger partial charge in [0.2, 0.25) is 6.29 Å². The van der Waals surface area contributed by atoms with Crippen molar-refractivity contribution in [3.63, 3.8) is 0 Å². The van der Waals surface area contributed by atoms with Crippen LogP contribution < -0.4 is 10.4 Å². The number of ether oxygens (including phenoxy) is 4. The Labute approximate surface area is 203 Å². The number of aliphatic hydroxyl groups is 3. The first-order chi connectivity index (χ1) is 16.7. The molecule has 0 radical (unpaired) electrons. The highest BCUT2D eigenvalue weighted by Gasteiger charge is 2.45. The largest absolute Gasteiger partial charge is 0.504 e. The number of hydrogen-bond acceptors (Lipinski definition) is 13. The summed E-state index contributed by atoms with van der Waals surface area (Å²) in [5.41, 5.74) is -0.498. The van der Waals surface area contributed by atoms with Crippen LogP contribution in [0.5, 0.6) is 11.5 Å². The second-order valence-electron chi connectivity index (χ2n) is 7.62. The molecular weight excluding hydrogens is 488 g/mol. The van der Waals surface area contributed by atoms with Crippen molar-refractivity contribution in [2.75, 3.05) is 25.2 Å². The number of hydrogen-bond donors (Lipinski definition) is 4. The fourth-order valence-electron chi connectivity index (χ4n) is 3.22. The molecule has 35 heavy (non-hydrogen) atoms. The second-order valence-corrected chi connectivity index (χ2v) is 8.84. The number of rotatable bonds is 10. The first-order valence-corrected chi connectivity index (χ1v) is 11.8. The van der Waals surface area contributed by atoms with E-state index in [2.05, 4.69) is 4.74 Å². The van der Waals surface area contributed by atoms with Gasteiger partial charge in [0, 0.05) is 29.0 Å². The Kier molecular flexibility index (Phi) is 9.34. The Morgan fingerprint density at radius 2 is 1.74 bits per heavy atom. The van der Waals surface area contributed by atoms with Crippen LogP contribution in [0, 0.1) is 0 Å². The Morgan fingerprint density at radius 3 is 2.46 bits per heavy atom. The van der Waals surface area contributed by atoms with Gasteiger partial charge in [0.25, 0.3) is 0 Å². The molecule has 3 rings (SSSR count). The van der Waals surface area contributed by atoms with E-state index in [1.807, 2.05) is 0 Å². The molecule has 13 heteroatoms. The van der Waals surface area contributed by atoms with Crippen LogP contribution in [0.25, 0.3) is 11.0 Å². The van der Waals surface area contributed by atoms with Crippen molar-refractivity contribution in [3.05, 3.63) is 34.7 Å². The van der Waals surface area contributed by atoms with E-state index in [1.165, 1.54) is 37.1 Å². The highest BCUT2D eigenvalue weighted by molar-refractivity contribution is 7.99. The van der Waals surface area contributed by atoms with Gasteiger partial charge in [-0.3, -0.25) is 9.59 Å². The molecule has 0 bridgehead atoms. The van der Waals surface area contributed by atoms with Crippen molar-refractivity contribution >= 4 is 34.7 Å². The molecule has 1 aromatic heterocycles. The van der Waals surface area contributed by atoms with E-state index in [-0.39, 0.29) is 30.1 Å². The van der Waals surface area contributed by atoms with E-state index in [1.54, 1.807) is 0 Å². The lowest BCUT2D eigenvalue weighted by Gasteiger charge is -2.39. The monoisotopic (exact) mass is 514 g/mol. The fourth-order valence-corrected chi connectivity index (χ4v) is 4.04. The lowest BCUT2D eigenvalue weighted by molar-refractivity contribution is -0.278. The molecule has 0 amide bonds. The summed E-state index contributed by atoms with van der Waals surface area (Å²) in [6.45, 7) is -0.425. The number of thioether (sulfide) groups is 1. The molecule has 1 aliphatic rings. The Bertz CT molecular complexity index is 1090. The van der Waals surface area contributed by atoms with E-state index >= 15 is 0 Å². The normalized spacial score (nSPS) is 24.2. The molecule has 0 aliphatic carbocycles. The first kappa shape index (κ1) is 26.8. The van der Waals surface area contributed by atoms with Crippen LogP contribution in [-0.4, -0.2) is 88.3 Å². The Balaban J connectivity index is 1.56. The molecule has 1 fully saturated rings. The molecule has 0 saturated carbocycles. The van der Waals surface area contributed by atoms with Crippen molar-refractivity contribution in [2.45, 2.75) is 43.5 Å². The third-order valence-corrected chi connectivity index (χ3v) is 6.14. The van der Waals surface area contributed by atoms with Crippen molar-refractivity contribution in [1.29, 1.82) is 0 Å². The predicted octanol–water partition coefficient (Wildman–Crippen LogP) is -0.0854. The highest BCUT2D eigenvalue weighted by atomic mass is 32.2. The number of phenols is 1. The topological polar surface area (TPSA) is 182 Å². The number of esters is 2. The lowest BCUT2D eigenvalue weighted by atomic mass is 9.99. The van der Waals surface area contributed by atoms with Crippen LogP contribution in [-0.2, 0) is 23.8 Å². The van der Waals surface area contributed by atoms with E-state index in [0.717, 1.165) is 6.07 Å². The molecule has 0 spiro atoms. The summed E-state index contributed by atoms with van der Waals surface area (Å²) in [4.78, 5) is 34.4. The van der Waals surface area contributed by atoms with Crippen LogP contribution in [0.2, 0.25) is 0 Å². The summed E-state index contributed by atoms with van der Waals surface area (Å²) in [5.74, 6) is -0.600. The van der Waals surface area contributed by atoms with Gasteiger partial charge >= 0.3 is 17.6 Å². The van der Waals surface area contributed by atoms with E-state index in [4.69, 9.17) is 18.6 Å².